The summed E-state index contributed by atoms with van der Waals surface area (Å²) in [5, 5.41) is 9.10. The fraction of sp³-hybridized carbons (Fsp3) is 0.222. The summed E-state index contributed by atoms with van der Waals surface area (Å²) < 4.78 is 17.9. The summed E-state index contributed by atoms with van der Waals surface area (Å²) in [6, 6.07) is 12.9. The fourth-order valence-electron chi connectivity index (χ4n) is 2.12. The largest absolute Gasteiger partial charge is 0.385 e. The third-order valence-corrected chi connectivity index (χ3v) is 3.54. The monoisotopic (exact) mass is 361 g/mol. The smallest absolute Gasteiger partial charge is 0.253 e. The number of nitrogens with one attached hydrogen (secondary N) is 3. The Kier molecular flexibility index (Phi) is 7.31. The average Bonchev–Trinajstić information content (AvgIpc) is 2.61. The SMILES string of the molecule is COCCCNC(=O)c1ccccc1NC(=S)Nc1ccc(F)cc1. The second kappa shape index (κ2) is 9.71. The highest BCUT2D eigenvalue weighted by molar-refractivity contribution is 7.80. The van der Waals surface area contributed by atoms with Crippen molar-refractivity contribution in [2.45, 2.75) is 6.42 Å². The molecule has 25 heavy (non-hydrogen) atoms. The molecular weight excluding hydrogens is 341 g/mol. The predicted octanol–water partition coefficient (Wildman–Crippen LogP) is 3.40. The lowest BCUT2D eigenvalue weighted by atomic mass is 10.1. The maximum Gasteiger partial charge on any atom is 0.253 e. The Labute approximate surface area is 151 Å². The molecule has 7 heteroatoms. The number of hydrogen-bond donors (Lipinski definition) is 3. The first-order valence-corrected chi connectivity index (χ1v) is 8.20. The van der Waals surface area contributed by atoms with Crippen molar-refractivity contribution in [2.24, 2.45) is 0 Å². The number of methoxy groups -OCH3 is 1. The van der Waals surface area contributed by atoms with E-state index in [2.05, 4.69) is 16.0 Å². The first-order chi connectivity index (χ1) is 12.1. The molecule has 0 saturated carbocycles. The minimum Gasteiger partial charge on any atom is -0.385 e. The summed E-state index contributed by atoms with van der Waals surface area (Å²) in [5.41, 5.74) is 1.73. The molecule has 2 aromatic carbocycles. The van der Waals surface area contributed by atoms with Gasteiger partial charge in [0.15, 0.2) is 5.11 Å². The molecule has 0 atom stereocenters. The van der Waals surface area contributed by atoms with Gasteiger partial charge in [-0.05, 0) is 55.0 Å². The van der Waals surface area contributed by atoms with Crippen LogP contribution in [0.3, 0.4) is 0 Å². The van der Waals surface area contributed by atoms with Crippen LogP contribution in [0.4, 0.5) is 15.8 Å². The number of anilines is 2. The minimum absolute atomic E-state index is 0.191. The third-order valence-electron chi connectivity index (χ3n) is 3.33. The second-order valence-electron chi connectivity index (χ2n) is 5.23. The summed E-state index contributed by atoms with van der Waals surface area (Å²) in [7, 11) is 1.62. The Hall–Kier alpha value is -2.51. The number of hydrogen-bond acceptors (Lipinski definition) is 3. The van der Waals surface area contributed by atoms with Gasteiger partial charge in [0.05, 0.1) is 11.3 Å². The number of carbonyl (C=O) groups excluding carboxylic acids is 1. The van der Waals surface area contributed by atoms with Crippen molar-refractivity contribution >= 4 is 34.6 Å². The Balaban J connectivity index is 1.98. The van der Waals surface area contributed by atoms with Crippen molar-refractivity contribution in [1.29, 1.82) is 0 Å². The van der Waals surface area contributed by atoms with Gasteiger partial charge in [0, 0.05) is 25.9 Å². The van der Waals surface area contributed by atoms with E-state index in [1.54, 1.807) is 37.4 Å². The molecule has 0 radical (unpaired) electrons. The van der Waals surface area contributed by atoms with E-state index >= 15 is 0 Å². The van der Waals surface area contributed by atoms with E-state index < -0.39 is 0 Å². The summed E-state index contributed by atoms with van der Waals surface area (Å²) in [6.07, 6.45) is 0.738. The van der Waals surface area contributed by atoms with Crippen LogP contribution in [0.15, 0.2) is 48.5 Å². The van der Waals surface area contributed by atoms with Gasteiger partial charge in [-0.1, -0.05) is 12.1 Å². The lowest BCUT2D eigenvalue weighted by molar-refractivity contribution is 0.0949. The zero-order valence-electron chi connectivity index (χ0n) is 13.8. The Morgan fingerprint density at radius 3 is 2.56 bits per heavy atom. The number of para-hydroxylation sites is 1. The van der Waals surface area contributed by atoms with Gasteiger partial charge < -0.3 is 20.7 Å². The van der Waals surface area contributed by atoms with Gasteiger partial charge in [-0.15, -0.1) is 0 Å². The molecule has 132 valence electrons. The number of benzene rings is 2. The lowest BCUT2D eigenvalue weighted by Gasteiger charge is -2.14. The fourth-order valence-corrected chi connectivity index (χ4v) is 2.35. The Morgan fingerprint density at radius 1 is 1.12 bits per heavy atom. The highest BCUT2D eigenvalue weighted by atomic mass is 32.1. The van der Waals surface area contributed by atoms with Gasteiger partial charge in [-0.2, -0.15) is 0 Å². The van der Waals surface area contributed by atoms with Crippen molar-refractivity contribution in [3.8, 4) is 0 Å². The molecule has 0 saturated heterocycles. The number of ether oxygens (including phenoxy) is 1. The van der Waals surface area contributed by atoms with E-state index in [1.807, 2.05) is 6.07 Å². The number of thiocarbonyl (C=S) groups is 1. The van der Waals surface area contributed by atoms with E-state index in [0.29, 0.717) is 35.2 Å². The maximum absolute atomic E-state index is 12.9. The van der Waals surface area contributed by atoms with Gasteiger partial charge >= 0.3 is 0 Å². The van der Waals surface area contributed by atoms with E-state index in [-0.39, 0.29) is 11.7 Å². The van der Waals surface area contributed by atoms with Gasteiger partial charge in [-0.3, -0.25) is 4.79 Å². The van der Waals surface area contributed by atoms with Crippen molar-refractivity contribution in [3.63, 3.8) is 0 Å². The summed E-state index contributed by atoms with van der Waals surface area (Å²) in [6.45, 7) is 1.12. The van der Waals surface area contributed by atoms with E-state index in [0.717, 1.165) is 6.42 Å². The molecule has 0 aliphatic heterocycles. The first kappa shape index (κ1) is 18.8. The minimum atomic E-state index is -0.320. The van der Waals surface area contributed by atoms with Crippen LogP contribution in [-0.2, 0) is 4.74 Å². The molecule has 0 heterocycles. The van der Waals surface area contributed by atoms with Gasteiger partial charge in [0.25, 0.3) is 5.91 Å². The van der Waals surface area contributed by atoms with Crippen LogP contribution >= 0.6 is 12.2 Å². The number of rotatable bonds is 7. The van der Waals surface area contributed by atoms with Crippen LogP contribution < -0.4 is 16.0 Å². The van der Waals surface area contributed by atoms with Crippen molar-refractivity contribution < 1.29 is 13.9 Å². The zero-order chi connectivity index (χ0) is 18.1. The summed E-state index contributed by atoms with van der Waals surface area (Å²) in [5.74, 6) is -0.510. The molecule has 2 aromatic rings. The molecule has 0 fully saturated rings. The van der Waals surface area contributed by atoms with Crippen LogP contribution in [0.2, 0.25) is 0 Å². The molecule has 1 amide bonds. The molecule has 2 rings (SSSR count). The van der Waals surface area contributed by atoms with Crippen LogP contribution in [0, 0.1) is 5.82 Å². The van der Waals surface area contributed by atoms with Crippen LogP contribution in [0.5, 0.6) is 0 Å². The standard InChI is InChI=1S/C18H20FN3O2S/c1-24-12-4-11-20-17(23)15-5-2-3-6-16(15)22-18(25)21-14-9-7-13(19)8-10-14/h2-3,5-10H,4,11-12H2,1H3,(H,20,23)(H2,21,22,25). The van der Waals surface area contributed by atoms with Gasteiger partial charge in [-0.25, -0.2) is 4.39 Å². The molecule has 3 N–H and O–H groups in total. The zero-order valence-corrected chi connectivity index (χ0v) is 14.7. The number of halogens is 1. The van der Waals surface area contributed by atoms with E-state index in [4.69, 9.17) is 17.0 Å². The Bertz CT molecular complexity index is 723. The molecule has 0 spiro atoms. The molecule has 0 unspecified atom stereocenters. The summed E-state index contributed by atoms with van der Waals surface area (Å²) >= 11 is 5.25. The molecular formula is C18H20FN3O2S. The summed E-state index contributed by atoms with van der Waals surface area (Å²) in [4.78, 5) is 12.3. The molecule has 0 aliphatic rings. The molecule has 5 nitrogen and oxygen atoms in total. The van der Waals surface area contributed by atoms with E-state index in [9.17, 15) is 9.18 Å². The topological polar surface area (TPSA) is 62.4 Å². The van der Waals surface area contributed by atoms with Gasteiger partial charge in [0.1, 0.15) is 5.82 Å². The third kappa shape index (κ3) is 6.13. The number of amides is 1. The van der Waals surface area contributed by atoms with Crippen molar-refractivity contribution in [3.05, 3.63) is 59.9 Å². The highest BCUT2D eigenvalue weighted by Crippen LogP contribution is 2.16. The predicted molar refractivity (Wildman–Crippen MR) is 102 cm³/mol. The Morgan fingerprint density at radius 2 is 1.84 bits per heavy atom. The quantitative estimate of drug-likeness (QED) is 0.521. The average molecular weight is 361 g/mol. The molecule has 0 aliphatic carbocycles. The van der Waals surface area contributed by atoms with Crippen LogP contribution in [-0.4, -0.2) is 31.3 Å². The molecule has 0 aromatic heterocycles. The first-order valence-electron chi connectivity index (χ1n) is 7.80. The number of carbonyl (C=O) groups is 1. The van der Waals surface area contributed by atoms with Crippen LogP contribution in [0.25, 0.3) is 0 Å². The highest BCUT2D eigenvalue weighted by Gasteiger charge is 2.11. The second-order valence-corrected chi connectivity index (χ2v) is 5.64. The van der Waals surface area contributed by atoms with Gasteiger partial charge in [0.2, 0.25) is 0 Å². The normalized spacial score (nSPS) is 10.2. The maximum atomic E-state index is 12.9. The van der Waals surface area contributed by atoms with Crippen molar-refractivity contribution in [1.82, 2.24) is 5.32 Å². The van der Waals surface area contributed by atoms with Crippen LogP contribution in [0.1, 0.15) is 16.8 Å². The van der Waals surface area contributed by atoms with E-state index in [1.165, 1.54) is 12.1 Å². The molecule has 0 bridgehead atoms. The van der Waals surface area contributed by atoms with Crippen molar-refractivity contribution in [2.75, 3.05) is 30.9 Å². The lowest BCUT2D eigenvalue weighted by Crippen LogP contribution is -2.27.